The minimum absolute atomic E-state index is 0.0542. The van der Waals surface area contributed by atoms with Crippen molar-refractivity contribution in [1.82, 2.24) is 4.31 Å². The average Bonchev–Trinajstić information content (AvgIpc) is 3.31. The van der Waals surface area contributed by atoms with Crippen molar-refractivity contribution in [2.75, 3.05) is 30.3 Å². The number of para-hydroxylation sites is 2. The van der Waals surface area contributed by atoms with Crippen LogP contribution < -0.4 is 10.6 Å². The van der Waals surface area contributed by atoms with E-state index in [1.165, 1.54) is 16.4 Å². The van der Waals surface area contributed by atoms with Crippen LogP contribution in [0.1, 0.15) is 40.7 Å². The van der Waals surface area contributed by atoms with Gasteiger partial charge in [-0.15, -0.1) is 0 Å². The molecule has 5 rings (SSSR count). The molecule has 1 aliphatic heterocycles. The largest absolute Gasteiger partial charge is 0.449 e. The molecule has 1 aliphatic rings. The Morgan fingerprint density at radius 2 is 1.66 bits per heavy atom. The first-order valence-corrected chi connectivity index (χ1v) is 14.0. The van der Waals surface area contributed by atoms with E-state index in [0.717, 1.165) is 12.8 Å². The third kappa shape index (κ3) is 5.34. The van der Waals surface area contributed by atoms with Crippen LogP contribution >= 0.6 is 0 Å². The molecule has 0 aliphatic carbocycles. The highest BCUT2D eigenvalue weighted by Crippen LogP contribution is 2.32. The van der Waals surface area contributed by atoms with Gasteiger partial charge >= 0.3 is 0 Å². The lowest BCUT2D eigenvalue weighted by Gasteiger charge is -2.29. The van der Waals surface area contributed by atoms with Gasteiger partial charge < -0.3 is 15.1 Å². The highest BCUT2D eigenvalue weighted by atomic mass is 32.2. The predicted molar refractivity (Wildman–Crippen MR) is 147 cm³/mol. The van der Waals surface area contributed by atoms with Crippen molar-refractivity contribution in [1.29, 1.82) is 0 Å². The third-order valence-corrected chi connectivity index (χ3v) is 8.69. The van der Waals surface area contributed by atoms with E-state index in [4.69, 9.17) is 4.42 Å². The molecule has 0 unspecified atom stereocenters. The van der Waals surface area contributed by atoms with Crippen LogP contribution in [0.5, 0.6) is 0 Å². The SMILES string of the molecule is CC1CCN(S(=O)(=O)c2cccc(C(=O)CNc3c(C(=O)Nc4ccccc4)oc4ccccc34)c2)CC1. The molecule has 1 amide bonds. The van der Waals surface area contributed by atoms with Crippen LogP contribution in [-0.2, 0) is 10.0 Å². The molecule has 4 aromatic rings. The molecule has 8 nitrogen and oxygen atoms in total. The standard InChI is InChI=1S/C29H29N3O5S/c1-20-14-16-32(17-15-20)38(35,36)23-11-7-8-21(18-23)25(33)19-30-27-24-12-5-6-13-26(24)37-28(27)29(34)31-22-9-3-2-4-10-22/h2-13,18,20,30H,14-17,19H2,1H3,(H,31,34). The lowest BCUT2D eigenvalue weighted by molar-refractivity contribution is 0.0990. The predicted octanol–water partition coefficient (Wildman–Crippen LogP) is 5.40. The summed E-state index contributed by atoms with van der Waals surface area (Å²) in [6, 6.07) is 22.3. The normalized spacial score (nSPS) is 14.9. The molecule has 2 N–H and O–H groups in total. The fourth-order valence-corrected chi connectivity index (χ4v) is 6.08. The van der Waals surface area contributed by atoms with E-state index in [9.17, 15) is 18.0 Å². The highest BCUT2D eigenvalue weighted by Gasteiger charge is 2.28. The fraction of sp³-hybridized carbons (Fsp3) is 0.241. The number of nitrogens with zero attached hydrogens (tertiary/aromatic N) is 1. The lowest BCUT2D eigenvalue weighted by atomic mass is 10.0. The van der Waals surface area contributed by atoms with Crippen LogP contribution in [-0.4, -0.2) is 44.0 Å². The number of sulfonamides is 1. The van der Waals surface area contributed by atoms with Gasteiger partial charge in [0.25, 0.3) is 5.91 Å². The number of benzene rings is 3. The summed E-state index contributed by atoms with van der Waals surface area (Å²) in [4.78, 5) is 26.3. The Kier molecular flexibility index (Phi) is 7.31. The van der Waals surface area contributed by atoms with Gasteiger partial charge in [0.15, 0.2) is 5.78 Å². The Labute approximate surface area is 221 Å². The van der Waals surface area contributed by atoms with Crippen LogP contribution in [0.2, 0.25) is 0 Å². The number of anilines is 2. The number of carbonyl (C=O) groups is 2. The zero-order valence-electron chi connectivity index (χ0n) is 21.0. The summed E-state index contributed by atoms with van der Waals surface area (Å²) in [6.07, 6.45) is 1.64. The molecule has 0 atom stereocenters. The molecule has 2 heterocycles. The van der Waals surface area contributed by atoms with E-state index in [-0.39, 0.29) is 28.5 Å². The Bertz CT molecular complexity index is 1570. The summed E-state index contributed by atoms with van der Waals surface area (Å²) >= 11 is 0. The summed E-state index contributed by atoms with van der Waals surface area (Å²) in [5.41, 5.74) is 1.78. The number of Topliss-reactive ketones (excluding diaryl/α,β-unsaturated/α-hetero) is 1. The molecule has 38 heavy (non-hydrogen) atoms. The van der Waals surface area contributed by atoms with E-state index >= 15 is 0 Å². The fourth-order valence-electron chi connectivity index (χ4n) is 4.57. The molecule has 1 fully saturated rings. The van der Waals surface area contributed by atoms with Gasteiger partial charge in [0.2, 0.25) is 15.8 Å². The molecular formula is C29H29N3O5S. The first-order valence-electron chi connectivity index (χ1n) is 12.6. The van der Waals surface area contributed by atoms with Crippen LogP contribution in [0.25, 0.3) is 11.0 Å². The van der Waals surface area contributed by atoms with Crippen molar-refractivity contribution in [3.8, 4) is 0 Å². The zero-order chi connectivity index (χ0) is 26.7. The van der Waals surface area contributed by atoms with Gasteiger partial charge in [0.1, 0.15) is 5.58 Å². The van der Waals surface area contributed by atoms with Gasteiger partial charge in [-0.3, -0.25) is 9.59 Å². The van der Waals surface area contributed by atoms with Crippen molar-refractivity contribution in [3.05, 3.63) is 90.2 Å². The Morgan fingerprint density at radius 3 is 2.42 bits per heavy atom. The summed E-state index contributed by atoms with van der Waals surface area (Å²) in [7, 11) is -3.68. The summed E-state index contributed by atoms with van der Waals surface area (Å²) in [5.74, 6) is -0.210. The van der Waals surface area contributed by atoms with Gasteiger partial charge in [0, 0.05) is 29.7 Å². The molecule has 0 bridgehead atoms. The quantitative estimate of drug-likeness (QED) is 0.295. The van der Waals surface area contributed by atoms with E-state index in [1.54, 1.807) is 42.5 Å². The van der Waals surface area contributed by atoms with Crippen molar-refractivity contribution in [2.24, 2.45) is 5.92 Å². The average molecular weight is 532 g/mol. The van der Waals surface area contributed by atoms with E-state index in [1.807, 2.05) is 24.3 Å². The number of carbonyl (C=O) groups excluding carboxylic acids is 2. The molecule has 196 valence electrons. The smallest absolute Gasteiger partial charge is 0.293 e. The van der Waals surface area contributed by atoms with Gasteiger partial charge in [-0.05, 0) is 55.2 Å². The van der Waals surface area contributed by atoms with Crippen LogP contribution in [0.15, 0.2) is 88.2 Å². The Morgan fingerprint density at radius 1 is 0.947 bits per heavy atom. The summed E-state index contributed by atoms with van der Waals surface area (Å²) < 4.78 is 33.7. The molecule has 1 saturated heterocycles. The topological polar surface area (TPSA) is 109 Å². The van der Waals surface area contributed by atoms with Gasteiger partial charge in [-0.1, -0.05) is 49.4 Å². The van der Waals surface area contributed by atoms with Crippen LogP contribution in [0.4, 0.5) is 11.4 Å². The molecule has 9 heteroatoms. The molecule has 3 aromatic carbocycles. The monoisotopic (exact) mass is 531 g/mol. The number of hydrogen-bond donors (Lipinski definition) is 2. The minimum Gasteiger partial charge on any atom is -0.449 e. The van der Waals surface area contributed by atoms with Crippen LogP contribution in [0.3, 0.4) is 0 Å². The van der Waals surface area contributed by atoms with Crippen molar-refractivity contribution in [2.45, 2.75) is 24.7 Å². The first-order chi connectivity index (χ1) is 18.3. The number of rotatable bonds is 8. The maximum atomic E-state index is 13.2. The van der Waals surface area contributed by atoms with E-state index in [0.29, 0.717) is 41.4 Å². The second kappa shape index (κ2) is 10.8. The second-order valence-electron chi connectivity index (χ2n) is 9.51. The lowest BCUT2D eigenvalue weighted by Crippen LogP contribution is -2.37. The highest BCUT2D eigenvalue weighted by molar-refractivity contribution is 7.89. The number of amides is 1. The maximum Gasteiger partial charge on any atom is 0.293 e. The van der Waals surface area contributed by atoms with E-state index < -0.39 is 15.9 Å². The van der Waals surface area contributed by atoms with E-state index in [2.05, 4.69) is 17.6 Å². The van der Waals surface area contributed by atoms with Crippen molar-refractivity contribution >= 4 is 44.1 Å². The zero-order valence-corrected chi connectivity index (χ0v) is 21.8. The molecule has 0 spiro atoms. The maximum absolute atomic E-state index is 13.2. The number of hydrogen-bond acceptors (Lipinski definition) is 6. The van der Waals surface area contributed by atoms with Crippen molar-refractivity contribution in [3.63, 3.8) is 0 Å². The van der Waals surface area contributed by atoms with Gasteiger partial charge in [0.05, 0.1) is 17.1 Å². The second-order valence-corrected chi connectivity index (χ2v) is 11.5. The van der Waals surface area contributed by atoms with Gasteiger partial charge in [-0.25, -0.2) is 8.42 Å². The van der Waals surface area contributed by atoms with Crippen molar-refractivity contribution < 1.29 is 22.4 Å². The minimum atomic E-state index is -3.68. The summed E-state index contributed by atoms with van der Waals surface area (Å²) in [5, 5.41) is 6.53. The number of piperidine rings is 1. The van der Waals surface area contributed by atoms with Gasteiger partial charge in [-0.2, -0.15) is 4.31 Å². The Balaban J connectivity index is 1.35. The molecule has 0 saturated carbocycles. The number of ketones is 1. The number of fused-ring (bicyclic) bond motifs is 1. The first kappa shape index (κ1) is 25.7. The number of nitrogens with one attached hydrogen (secondary N) is 2. The van der Waals surface area contributed by atoms with Crippen LogP contribution in [0, 0.1) is 5.92 Å². The molecular weight excluding hydrogens is 502 g/mol. The summed E-state index contributed by atoms with van der Waals surface area (Å²) in [6.45, 7) is 2.92. The third-order valence-electron chi connectivity index (χ3n) is 6.80. The number of furan rings is 1. The Hall–Kier alpha value is -3.95. The molecule has 1 aromatic heterocycles. The molecule has 0 radical (unpaired) electrons.